The monoisotopic (exact) mass is 581 g/mol. The fraction of sp³-hybridized carbons (Fsp3) is 0.700. The lowest BCUT2D eigenvalue weighted by Gasteiger charge is -2.38. The number of ether oxygens (including phenoxy) is 8. The van der Waals surface area contributed by atoms with E-state index in [0.717, 1.165) is 5.56 Å². The van der Waals surface area contributed by atoms with Gasteiger partial charge >= 0.3 is 0 Å². The zero-order valence-corrected chi connectivity index (χ0v) is 24.3. The van der Waals surface area contributed by atoms with Gasteiger partial charge in [-0.15, -0.1) is 0 Å². The molecule has 0 spiro atoms. The fourth-order valence-corrected chi connectivity index (χ4v) is 4.67. The Hall–Kier alpha value is -2.09. The molecule has 41 heavy (non-hydrogen) atoms. The van der Waals surface area contributed by atoms with Gasteiger partial charge in [-0.3, -0.25) is 4.79 Å². The molecule has 1 aromatic carbocycles. The van der Waals surface area contributed by atoms with Gasteiger partial charge in [0, 0.05) is 38.1 Å². The lowest BCUT2D eigenvalue weighted by molar-refractivity contribution is -0.172. The predicted molar refractivity (Wildman–Crippen MR) is 150 cm³/mol. The number of carbonyl (C=O) groups is 1. The highest BCUT2D eigenvalue weighted by Crippen LogP contribution is 2.39. The molecule has 0 aliphatic carbocycles. The lowest BCUT2D eigenvalue weighted by atomic mass is 9.81. The second-order valence-corrected chi connectivity index (χ2v) is 9.55. The zero-order valence-electron chi connectivity index (χ0n) is 24.3. The number of amides is 1. The minimum atomic E-state index is -0.617. The first kappa shape index (κ1) is 33.4. The molecule has 3 atom stereocenters. The van der Waals surface area contributed by atoms with Gasteiger partial charge in [-0.1, -0.05) is 30.3 Å². The summed E-state index contributed by atoms with van der Waals surface area (Å²) in [5, 5.41) is 8.85. The van der Waals surface area contributed by atoms with Crippen LogP contribution in [0.15, 0.2) is 42.2 Å². The number of aliphatic hydroxyl groups excluding tert-OH is 1. The molecule has 3 rings (SSSR count). The molecule has 2 heterocycles. The molecule has 232 valence electrons. The van der Waals surface area contributed by atoms with Crippen LogP contribution in [0.4, 0.5) is 0 Å². The highest BCUT2D eigenvalue weighted by Gasteiger charge is 2.39. The van der Waals surface area contributed by atoms with E-state index in [0.29, 0.717) is 105 Å². The molecule has 0 aromatic heterocycles. The number of benzene rings is 1. The molecular weight excluding hydrogens is 534 g/mol. The highest BCUT2D eigenvalue weighted by molar-refractivity contribution is 5.91. The van der Waals surface area contributed by atoms with Crippen LogP contribution in [-0.4, -0.2) is 128 Å². The first-order valence-electron chi connectivity index (χ1n) is 14.7. The molecule has 11 nitrogen and oxygen atoms in total. The molecule has 0 radical (unpaired) electrons. The largest absolute Gasteiger partial charge is 0.459 e. The predicted octanol–water partition coefficient (Wildman–Crippen LogP) is 1.99. The highest BCUT2D eigenvalue weighted by atomic mass is 16.7. The van der Waals surface area contributed by atoms with Gasteiger partial charge < -0.3 is 47.9 Å². The van der Waals surface area contributed by atoms with Crippen LogP contribution < -0.4 is 0 Å². The number of allylic oxidation sites excluding steroid dienone is 1. The topological polar surface area (TPSA) is 114 Å². The molecule has 1 saturated heterocycles. The van der Waals surface area contributed by atoms with Crippen LogP contribution in [0.5, 0.6) is 0 Å². The fourth-order valence-electron chi connectivity index (χ4n) is 4.67. The minimum Gasteiger partial charge on any atom is -0.459 e. The van der Waals surface area contributed by atoms with E-state index in [1.54, 1.807) is 4.90 Å². The first-order chi connectivity index (χ1) is 20.2. The Morgan fingerprint density at radius 2 is 1.44 bits per heavy atom. The number of carbonyl (C=O) groups excluding carboxylic acids is 1. The molecule has 0 saturated carbocycles. The van der Waals surface area contributed by atoms with Gasteiger partial charge in [0.15, 0.2) is 5.76 Å². The van der Waals surface area contributed by atoms with Gasteiger partial charge in [-0.05, 0) is 25.0 Å². The van der Waals surface area contributed by atoms with Gasteiger partial charge in [-0.2, -0.15) is 0 Å². The van der Waals surface area contributed by atoms with E-state index in [4.69, 9.17) is 43.0 Å². The summed E-state index contributed by atoms with van der Waals surface area (Å²) < 4.78 is 45.8. The van der Waals surface area contributed by atoms with Crippen molar-refractivity contribution >= 4 is 5.91 Å². The third-order valence-electron chi connectivity index (χ3n) is 6.73. The van der Waals surface area contributed by atoms with E-state index in [1.165, 1.54) is 0 Å². The smallest absolute Gasteiger partial charge is 0.288 e. The Kier molecular flexibility index (Phi) is 16.9. The summed E-state index contributed by atoms with van der Waals surface area (Å²) in [6.07, 6.45) is 1.97. The van der Waals surface area contributed by atoms with E-state index in [2.05, 4.69) is 12.1 Å². The number of hydrogen-bond acceptors (Lipinski definition) is 10. The third-order valence-corrected chi connectivity index (χ3v) is 6.73. The van der Waals surface area contributed by atoms with Crippen LogP contribution in [0, 0.1) is 5.92 Å². The molecule has 1 amide bonds. The maximum atomic E-state index is 13.8. The van der Waals surface area contributed by atoms with Gasteiger partial charge in [0.25, 0.3) is 5.91 Å². The summed E-state index contributed by atoms with van der Waals surface area (Å²) in [6.45, 7) is 8.34. The number of rotatable bonds is 12. The standard InChI is InChI=1S/C30H47NO10/c1-2-40-30-26(8-12-34-16-19-37-15-11-32)27(25-6-4-3-5-7-25)24-28(41-30)29(33)31-9-13-35-17-20-38-22-23-39-21-18-36-14-10-31/h3-7,24,26-27,30,32H,2,8-23H2,1H3/t26-,27+,30+/m1/s1. The summed E-state index contributed by atoms with van der Waals surface area (Å²) in [5.74, 6) is -0.145. The molecule has 2 aliphatic rings. The van der Waals surface area contributed by atoms with E-state index >= 15 is 0 Å². The maximum absolute atomic E-state index is 13.8. The Morgan fingerprint density at radius 1 is 0.854 bits per heavy atom. The van der Waals surface area contributed by atoms with E-state index in [9.17, 15) is 4.79 Å². The van der Waals surface area contributed by atoms with Crippen molar-refractivity contribution in [3.8, 4) is 0 Å². The van der Waals surface area contributed by atoms with Crippen molar-refractivity contribution < 1.29 is 47.8 Å². The van der Waals surface area contributed by atoms with Crippen LogP contribution in [0.3, 0.4) is 0 Å². The second kappa shape index (κ2) is 20.7. The van der Waals surface area contributed by atoms with Gasteiger partial charge in [-0.25, -0.2) is 0 Å². The summed E-state index contributed by atoms with van der Waals surface area (Å²) >= 11 is 0. The Labute approximate surface area is 243 Å². The van der Waals surface area contributed by atoms with Crippen molar-refractivity contribution in [2.75, 3.05) is 106 Å². The van der Waals surface area contributed by atoms with Crippen molar-refractivity contribution in [2.24, 2.45) is 5.92 Å². The SMILES string of the molecule is CCO[C@H]1OC(C(=O)N2CCOCCOCCOCCOCC2)=C[C@@H](c2ccccc2)[C@H]1CCOCCOCCO. The van der Waals surface area contributed by atoms with Gasteiger partial charge in [0.1, 0.15) is 0 Å². The molecule has 1 aromatic rings. The quantitative estimate of drug-likeness (QED) is 0.368. The summed E-state index contributed by atoms with van der Waals surface area (Å²) in [5.41, 5.74) is 1.07. The average molecular weight is 582 g/mol. The average Bonchev–Trinajstić information content (AvgIpc) is 3.01. The molecule has 1 fully saturated rings. The Balaban J connectivity index is 1.73. The van der Waals surface area contributed by atoms with Crippen molar-refractivity contribution in [1.29, 1.82) is 0 Å². The van der Waals surface area contributed by atoms with Crippen molar-refractivity contribution in [3.63, 3.8) is 0 Å². The summed E-state index contributed by atoms with van der Waals surface area (Å²) in [6, 6.07) is 10.1. The lowest BCUT2D eigenvalue weighted by Crippen LogP contribution is -2.43. The van der Waals surface area contributed by atoms with Crippen LogP contribution in [-0.2, 0) is 42.7 Å². The van der Waals surface area contributed by atoms with Crippen LogP contribution >= 0.6 is 0 Å². The van der Waals surface area contributed by atoms with Crippen molar-refractivity contribution in [1.82, 2.24) is 4.90 Å². The van der Waals surface area contributed by atoms with Gasteiger partial charge in [0.2, 0.25) is 6.29 Å². The first-order valence-corrected chi connectivity index (χ1v) is 14.7. The minimum absolute atomic E-state index is 0.0109. The number of hydrogen-bond donors (Lipinski definition) is 1. The van der Waals surface area contributed by atoms with E-state index in [-0.39, 0.29) is 30.1 Å². The second-order valence-electron chi connectivity index (χ2n) is 9.55. The van der Waals surface area contributed by atoms with Crippen LogP contribution in [0.2, 0.25) is 0 Å². The van der Waals surface area contributed by atoms with Gasteiger partial charge in [0.05, 0.1) is 79.3 Å². The molecule has 0 unspecified atom stereocenters. The Morgan fingerprint density at radius 3 is 2.02 bits per heavy atom. The van der Waals surface area contributed by atoms with Crippen molar-refractivity contribution in [2.45, 2.75) is 25.6 Å². The molecule has 2 aliphatic heterocycles. The normalized spacial score (nSPS) is 23.6. The molecule has 1 N–H and O–H groups in total. The molecule has 11 heteroatoms. The zero-order chi connectivity index (χ0) is 29.0. The number of nitrogens with zero attached hydrogens (tertiary/aromatic N) is 1. The molecular formula is C30H47NO10. The Bertz CT molecular complexity index is 839. The summed E-state index contributed by atoms with van der Waals surface area (Å²) in [7, 11) is 0. The summed E-state index contributed by atoms with van der Waals surface area (Å²) in [4.78, 5) is 15.5. The van der Waals surface area contributed by atoms with Crippen LogP contribution in [0.25, 0.3) is 0 Å². The van der Waals surface area contributed by atoms with Crippen molar-refractivity contribution in [3.05, 3.63) is 47.7 Å². The van der Waals surface area contributed by atoms with Crippen LogP contribution in [0.1, 0.15) is 24.8 Å². The molecule has 0 bridgehead atoms. The van der Waals surface area contributed by atoms with E-state index in [1.807, 2.05) is 31.2 Å². The number of aliphatic hydroxyl groups is 1. The van der Waals surface area contributed by atoms with E-state index < -0.39 is 6.29 Å². The maximum Gasteiger partial charge on any atom is 0.288 e. The third kappa shape index (κ3) is 12.4.